The number of aromatic nitrogens is 1. The highest BCUT2D eigenvalue weighted by Gasteiger charge is 2.26. The van der Waals surface area contributed by atoms with E-state index in [1.807, 2.05) is 13.8 Å². The van der Waals surface area contributed by atoms with Crippen molar-refractivity contribution in [2.75, 3.05) is 19.0 Å². The van der Waals surface area contributed by atoms with Crippen molar-refractivity contribution >= 4 is 11.7 Å². The third-order valence-corrected chi connectivity index (χ3v) is 2.27. The van der Waals surface area contributed by atoms with Gasteiger partial charge < -0.3 is 14.6 Å². The summed E-state index contributed by atoms with van der Waals surface area (Å²) in [5.74, 6) is 1.07. The van der Waals surface area contributed by atoms with Crippen LogP contribution in [0.2, 0.25) is 0 Å². The summed E-state index contributed by atoms with van der Waals surface area (Å²) in [5.41, 5.74) is -0.253. The lowest BCUT2D eigenvalue weighted by Crippen LogP contribution is -2.22. The Bertz CT molecular complexity index is 358. The molecule has 0 atom stereocenters. The van der Waals surface area contributed by atoms with Gasteiger partial charge in [0.1, 0.15) is 5.76 Å². The van der Waals surface area contributed by atoms with E-state index in [9.17, 15) is 4.79 Å². The van der Waals surface area contributed by atoms with Gasteiger partial charge in [0.15, 0.2) is 5.82 Å². The minimum atomic E-state index is -0.253. The number of nitrogens with zero attached hydrogens (tertiary/aromatic N) is 1. The zero-order valence-corrected chi connectivity index (χ0v) is 10.2. The molecule has 1 heterocycles. The minimum absolute atomic E-state index is 0.0793. The van der Waals surface area contributed by atoms with Crippen LogP contribution < -0.4 is 5.32 Å². The highest BCUT2D eigenvalue weighted by atomic mass is 16.5. The van der Waals surface area contributed by atoms with Crippen molar-refractivity contribution in [3.8, 4) is 0 Å². The number of carbonyl (C=O) groups is 1. The number of carbonyl (C=O) groups excluding carboxylic acids is 1. The second kappa shape index (κ2) is 5.12. The van der Waals surface area contributed by atoms with Gasteiger partial charge in [0.2, 0.25) is 5.91 Å². The van der Waals surface area contributed by atoms with Crippen LogP contribution in [0.3, 0.4) is 0 Å². The van der Waals surface area contributed by atoms with Crippen molar-refractivity contribution in [1.82, 2.24) is 5.16 Å². The first kappa shape index (κ1) is 12.7. The first-order valence-electron chi connectivity index (χ1n) is 5.25. The lowest BCUT2D eigenvalue weighted by molar-refractivity contribution is -0.115. The van der Waals surface area contributed by atoms with Gasteiger partial charge in [-0.05, 0) is 0 Å². The van der Waals surface area contributed by atoms with E-state index in [0.717, 1.165) is 0 Å². The molecule has 0 saturated heterocycles. The molecule has 1 aromatic heterocycles. The van der Waals surface area contributed by atoms with Crippen LogP contribution >= 0.6 is 0 Å². The largest absolute Gasteiger partial charge is 0.384 e. The van der Waals surface area contributed by atoms with Crippen LogP contribution in [0, 0.1) is 0 Å². The van der Waals surface area contributed by atoms with E-state index in [-0.39, 0.29) is 11.3 Å². The van der Waals surface area contributed by atoms with Crippen molar-refractivity contribution in [1.29, 1.82) is 0 Å². The van der Waals surface area contributed by atoms with E-state index in [1.54, 1.807) is 20.1 Å². The van der Waals surface area contributed by atoms with E-state index in [0.29, 0.717) is 24.6 Å². The Balaban J connectivity index is 2.74. The molecular weight excluding hydrogens is 208 g/mol. The van der Waals surface area contributed by atoms with Gasteiger partial charge in [0, 0.05) is 25.0 Å². The molecule has 5 nitrogen and oxygen atoms in total. The summed E-state index contributed by atoms with van der Waals surface area (Å²) < 4.78 is 10.3. The fourth-order valence-corrected chi connectivity index (χ4v) is 1.32. The van der Waals surface area contributed by atoms with E-state index >= 15 is 0 Å². The molecule has 0 fully saturated rings. The molecule has 0 saturated carbocycles. The fraction of sp³-hybridized carbons (Fsp3) is 0.636. The van der Waals surface area contributed by atoms with Gasteiger partial charge in [-0.2, -0.15) is 0 Å². The second-order valence-electron chi connectivity index (χ2n) is 4.30. The van der Waals surface area contributed by atoms with Gasteiger partial charge in [-0.15, -0.1) is 0 Å². The molecule has 0 bridgehead atoms. The molecule has 0 aromatic carbocycles. The molecule has 16 heavy (non-hydrogen) atoms. The number of hydrogen-bond donors (Lipinski definition) is 1. The van der Waals surface area contributed by atoms with E-state index in [2.05, 4.69) is 10.5 Å². The third kappa shape index (κ3) is 3.06. The van der Waals surface area contributed by atoms with Crippen molar-refractivity contribution < 1.29 is 14.1 Å². The molecule has 0 unspecified atom stereocenters. The quantitative estimate of drug-likeness (QED) is 0.833. The van der Waals surface area contributed by atoms with Crippen LogP contribution in [0.4, 0.5) is 5.82 Å². The summed E-state index contributed by atoms with van der Waals surface area (Å²) in [6.07, 6.45) is 0.420. The van der Waals surface area contributed by atoms with E-state index < -0.39 is 0 Å². The Morgan fingerprint density at radius 1 is 1.62 bits per heavy atom. The van der Waals surface area contributed by atoms with Gasteiger partial charge in [-0.25, -0.2) is 0 Å². The summed E-state index contributed by atoms with van der Waals surface area (Å²) in [6.45, 7) is 6.29. The Kier molecular flexibility index (Phi) is 4.06. The standard InChI is InChI=1S/C11H18N2O3/c1-5-10(14)12-9-6-8(16-13-9)11(2,3)7-15-4/h6H,5,7H2,1-4H3,(H,12,13,14). The highest BCUT2D eigenvalue weighted by Crippen LogP contribution is 2.25. The van der Waals surface area contributed by atoms with E-state index in [1.165, 1.54) is 0 Å². The normalized spacial score (nSPS) is 11.5. The van der Waals surface area contributed by atoms with Gasteiger partial charge >= 0.3 is 0 Å². The summed E-state index contributed by atoms with van der Waals surface area (Å²) >= 11 is 0. The number of hydrogen-bond acceptors (Lipinski definition) is 4. The predicted octanol–water partition coefficient (Wildman–Crippen LogP) is 1.95. The van der Waals surface area contributed by atoms with Crippen molar-refractivity contribution in [2.45, 2.75) is 32.6 Å². The van der Waals surface area contributed by atoms with Gasteiger partial charge in [-0.1, -0.05) is 25.9 Å². The number of nitrogens with one attached hydrogen (secondary N) is 1. The molecule has 0 aliphatic heterocycles. The van der Waals surface area contributed by atoms with E-state index in [4.69, 9.17) is 9.26 Å². The van der Waals surface area contributed by atoms with Gasteiger partial charge in [0.05, 0.1) is 6.61 Å². The summed E-state index contributed by atoms with van der Waals surface area (Å²) in [4.78, 5) is 11.1. The summed E-state index contributed by atoms with van der Waals surface area (Å²) in [5, 5.41) is 6.43. The molecule has 1 amide bonds. The number of methoxy groups -OCH3 is 1. The van der Waals surface area contributed by atoms with Crippen molar-refractivity contribution in [3.05, 3.63) is 11.8 Å². The molecule has 0 aliphatic rings. The minimum Gasteiger partial charge on any atom is -0.384 e. The molecule has 1 N–H and O–H groups in total. The molecule has 0 radical (unpaired) electrons. The number of ether oxygens (including phenoxy) is 1. The van der Waals surface area contributed by atoms with Gasteiger partial charge in [0.25, 0.3) is 0 Å². The average molecular weight is 226 g/mol. The second-order valence-corrected chi connectivity index (χ2v) is 4.30. The Hall–Kier alpha value is -1.36. The Morgan fingerprint density at radius 3 is 2.88 bits per heavy atom. The third-order valence-electron chi connectivity index (χ3n) is 2.27. The monoisotopic (exact) mass is 226 g/mol. The Morgan fingerprint density at radius 2 is 2.31 bits per heavy atom. The lowest BCUT2D eigenvalue weighted by atomic mass is 9.91. The topological polar surface area (TPSA) is 64.4 Å². The number of anilines is 1. The summed E-state index contributed by atoms with van der Waals surface area (Å²) in [6, 6.07) is 1.73. The van der Waals surface area contributed by atoms with Crippen LogP contribution in [0.1, 0.15) is 33.0 Å². The number of rotatable bonds is 5. The van der Waals surface area contributed by atoms with Crippen LogP contribution in [-0.2, 0) is 14.9 Å². The first-order chi connectivity index (χ1) is 7.49. The molecule has 0 aliphatic carbocycles. The zero-order chi connectivity index (χ0) is 12.2. The number of amides is 1. The first-order valence-corrected chi connectivity index (χ1v) is 5.25. The fourth-order valence-electron chi connectivity index (χ4n) is 1.32. The molecule has 1 rings (SSSR count). The summed E-state index contributed by atoms with van der Waals surface area (Å²) in [7, 11) is 1.64. The predicted molar refractivity (Wildman–Crippen MR) is 60.3 cm³/mol. The van der Waals surface area contributed by atoms with Crippen molar-refractivity contribution in [3.63, 3.8) is 0 Å². The maximum Gasteiger partial charge on any atom is 0.225 e. The van der Waals surface area contributed by atoms with Crippen LogP contribution in [-0.4, -0.2) is 24.8 Å². The van der Waals surface area contributed by atoms with Crippen LogP contribution in [0.15, 0.2) is 10.6 Å². The highest BCUT2D eigenvalue weighted by molar-refractivity contribution is 5.89. The molecular formula is C11H18N2O3. The molecule has 0 spiro atoms. The lowest BCUT2D eigenvalue weighted by Gasteiger charge is -2.19. The molecule has 5 heteroatoms. The van der Waals surface area contributed by atoms with Gasteiger partial charge in [-0.3, -0.25) is 4.79 Å². The smallest absolute Gasteiger partial charge is 0.225 e. The zero-order valence-electron chi connectivity index (χ0n) is 10.2. The maximum absolute atomic E-state index is 11.1. The molecule has 1 aromatic rings. The maximum atomic E-state index is 11.1. The average Bonchev–Trinajstić information content (AvgIpc) is 2.66. The Labute approximate surface area is 95.1 Å². The molecule has 90 valence electrons. The van der Waals surface area contributed by atoms with Crippen LogP contribution in [0.25, 0.3) is 0 Å². The van der Waals surface area contributed by atoms with Crippen molar-refractivity contribution in [2.24, 2.45) is 0 Å². The SMILES string of the molecule is CCC(=O)Nc1cc(C(C)(C)COC)on1. The van der Waals surface area contributed by atoms with Crippen LogP contribution in [0.5, 0.6) is 0 Å².